The molecule has 0 saturated carbocycles. The number of hydrogen-bond donors (Lipinski definition) is 1. The number of anilines is 1. The van der Waals surface area contributed by atoms with E-state index in [9.17, 15) is 4.79 Å². The van der Waals surface area contributed by atoms with E-state index in [2.05, 4.69) is 36.3 Å². The van der Waals surface area contributed by atoms with Gasteiger partial charge in [0.2, 0.25) is 0 Å². The molecule has 0 aliphatic carbocycles. The third-order valence-corrected chi connectivity index (χ3v) is 4.77. The predicted molar refractivity (Wildman–Crippen MR) is 78.0 cm³/mol. The molecule has 0 bridgehead atoms. The van der Waals surface area contributed by atoms with Crippen molar-refractivity contribution in [2.75, 3.05) is 24.2 Å². The first-order valence-corrected chi connectivity index (χ1v) is 8.02. The zero-order valence-electron chi connectivity index (χ0n) is 10.5. The maximum absolute atomic E-state index is 10.7. The van der Waals surface area contributed by atoms with Crippen LogP contribution in [0.25, 0.3) is 0 Å². The van der Waals surface area contributed by atoms with Crippen LogP contribution in [0.15, 0.2) is 28.0 Å². The minimum atomic E-state index is -0.733. The summed E-state index contributed by atoms with van der Waals surface area (Å²) in [6.07, 6.45) is 2.27. The molecule has 0 amide bonds. The second kappa shape index (κ2) is 5.89. The molecule has 18 heavy (non-hydrogen) atoms. The van der Waals surface area contributed by atoms with E-state index in [1.165, 1.54) is 15.5 Å². The van der Waals surface area contributed by atoms with Gasteiger partial charge in [0.25, 0.3) is 0 Å². The first kappa shape index (κ1) is 13.6. The fraction of sp³-hybridized carbons (Fsp3) is 0.462. The highest BCUT2D eigenvalue weighted by atomic mass is 32.2. The van der Waals surface area contributed by atoms with Crippen molar-refractivity contribution in [3.05, 3.63) is 18.2 Å². The third-order valence-electron chi connectivity index (χ3n) is 2.91. The summed E-state index contributed by atoms with van der Waals surface area (Å²) >= 11 is 3.61. The summed E-state index contributed by atoms with van der Waals surface area (Å²) in [7, 11) is 0. The zero-order chi connectivity index (χ0) is 13.1. The van der Waals surface area contributed by atoms with E-state index < -0.39 is 5.97 Å². The van der Waals surface area contributed by atoms with Crippen LogP contribution in [0.3, 0.4) is 0 Å². The van der Waals surface area contributed by atoms with Crippen LogP contribution in [-0.4, -0.2) is 35.7 Å². The number of carboxylic acid groups (broad SMARTS) is 1. The summed E-state index contributed by atoms with van der Waals surface area (Å²) in [6.45, 7) is 3.70. The van der Waals surface area contributed by atoms with Crippen LogP contribution in [0.4, 0.5) is 5.69 Å². The fourth-order valence-corrected chi connectivity index (χ4v) is 3.80. The van der Waals surface area contributed by atoms with E-state index in [-0.39, 0.29) is 6.42 Å². The molecule has 1 aliphatic rings. The molecule has 2 rings (SSSR count). The Bertz CT molecular complexity index is 451. The second-order valence-corrected chi connectivity index (χ2v) is 6.71. The Morgan fingerprint density at radius 3 is 3.06 bits per heavy atom. The Hall–Kier alpha value is -0.810. The standard InChI is InChI=1S/C13H17NO2S2/c1-9-8-14(6-5-13(15)16)11-4-3-10(17-2)7-12(11)18-9/h3-4,7,9H,5-6,8H2,1-2H3,(H,15,16). The summed E-state index contributed by atoms with van der Waals surface area (Å²) in [4.78, 5) is 15.4. The highest BCUT2D eigenvalue weighted by Gasteiger charge is 2.22. The highest BCUT2D eigenvalue weighted by molar-refractivity contribution is 8.00. The van der Waals surface area contributed by atoms with Crippen molar-refractivity contribution in [2.24, 2.45) is 0 Å². The number of fused-ring (bicyclic) bond motifs is 1. The normalized spacial score (nSPS) is 18.6. The summed E-state index contributed by atoms with van der Waals surface area (Å²) in [5, 5.41) is 9.31. The Labute approximate surface area is 116 Å². The van der Waals surface area contributed by atoms with Crippen LogP contribution < -0.4 is 4.90 Å². The Balaban J connectivity index is 2.22. The summed E-state index contributed by atoms with van der Waals surface area (Å²) < 4.78 is 0. The van der Waals surface area contributed by atoms with Gasteiger partial charge in [-0.15, -0.1) is 23.5 Å². The van der Waals surface area contributed by atoms with E-state index in [0.29, 0.717) is 11.8 Å². The molecule has 5 heteroatoms. The van der Waals surface area contributed by atoms with Crippen LogP contribution in [-0.2, 0) is 4.79 Å². The van der Waals surface area contributed by atoms with E-state index in [1.54, 1.807) is 11.8 Å². The van der Waals surface area contributed by atoms with Crippen molar-refractivity contribution in [3.63, 3.8) is 0 Å². The van der Waals surface area contributed by atoms with E-state index in [1.807, 2.05) is 11.8 Å². The average molecular weight is 283 g/mol. The fourth-order valence-electron chi connectivity index (χ4n) is 2.08. The molecular weight excluding hydrogens is 266 g/mol. The topological polar surface area (TPSA) is 40.5 Å². The van der Waals surface area contributed by atoms with Gasteiger partial charge in [-0.05, 0) is 24.5 Å². The molecular formula is C13H17NO2S2. The van der Waals surface area contributed by atoms with Crippen molar-refractivity contribution in [2.45, 2.75) is 28.4 Å². The number of aliphatic carboxylic acids is 1. The maximum atomic E-state index is 10.7. The first-order valence-electron chi connectivity index (χ1n) is 5.91. The minimum Gasteiger partial charge on any atom is -0.481 e. The lowest BCUT2D eigenvalue weighted by Gasteiger charge is -2.34. The SMILES string of the molecule is CSc1ccc2c(c1)SC(C)CN2CCC(=O)O. The molecule has 1 unspecified atom stereocenters. The third kappa shape index (κ3) is 3.14. The van der Waals surface area contributed by atoms with E-state index >= 15 is 0 Å². The molecule has 0 spiro atoms. The summed E-state index contributed by atoms with van der Waals surface area (Å²) in [5.74, 6) is -0.733. The van der Waals surface area contributed by atoms with Crippen LogP contribution in [0.5, 0.6) is 0 Å². The monoisotopic (exact) mass is 283 g/mol. The average Bonchev–Trinajstić information content (AvgIpc) is 2.34. The highest BCUT2D eigenvalue weighted by Crippen LogP contribution is 2.40. The van der Waals surface area contributed by atoms with Crippen LogP contribution in [0.2, 0.25) is 0 Å². The molecule has 0 fully saturated rings. The van der Waals surface area contributed by atoms with Crippen molar-refractivity contribution < 1.29 is 9.90 Å². The maximum Gasteiger partial charge on any atom is 0.305 e. The smallest absolute Gasteiger partial charge is 0.305 e. The molecule has 1 aromatic carbocycles. The number of carbonyl (C=O) groups is 1. The largest absolute Gasteiger partial charge is 0.481 e. The number of nitrogens with zero attached hydrogens (tertiary/aromatic N) is 1. The number of benzene rings is 1. The molecule has 1 N–H and O–H groups in total. The van der Waals surface area contributed by atoms with Crippen LogP contribution >= 0.6 is 23.5 Å². The van der Waals surface area contributed by atoms with E-state index in [0.717, 1.165) is 6.54 Å². The number of thioether (sulfide) groups is 2. The lowest BCUT2D eigenvalue weighted by molar-refractivity contribution is -0.136. The van der Waals surface area contributed by atoms with Crippen LogP contribution in [0, 0.1) is 0 Å². The molecule has 1 heterocycles. The molecule has 1 aromatic rings. The number of rotatable bonds is 4. The van der Waals surface area contributed by atoms with Crippen LogP contribution in [0.1, 0.15) is 13.3 Å². The molecule has 1 atom stereocenters. The van der Waals surface area contributed by atoms with Gasteiger partial charge < -0.3 is 10.0 Å². The van der Waals surface area contributed by atoms with Gasteiger partial charge in [-0.3, -0.25) is 4.79 Å². The summed E-state index contributed by atoms with van der Waals surface area (Å²) in [6, 6.07) is 6.42. The summed E-state index contributed by atoms with van der Waals surface area (Å²) in [5.41, 5.74) is 1.18. The molecule has 3 nitrogen and oxygen atoms in total. The minimum absolute atomic E-state index is 0.196. The molecule has 1 aliphatic heterocycles. The first-order chi connectivity index (χ1) is 8.60. The Morgan fingerprint density at radius 2 is 2.39 bits per heavy atom. The van der Waals surface area contributed by atoms with E-state index in [4.69, 9.17) is 5.11 Å². The Kier molecular flexibility index (Phi) is 4.45. The predicted octanol–water partition coefficient (Wildman–Crippen LogP) is 3.18. The quantitative estimate of drug-likeness (QED) is 0.859. The van der Waals surface area contributed by atoms with Gasteiger partial charge in [-0.1, -0.05) is 6.92 Å². The van der Waals surface area contributed by atoms with Crippen molar-refractivity contribution in [1.82, 2.24) is 0 Å². The Morgan fingerprint density at radius 1 is 1.61 bits per heavy atom. The second-order valence-electron chi connectivity index (χ2n) is 4.35. The van der Waals surface area contributed by atoms with Crippen molar-refractivity contribution >= 4 is 35.2 Å². The van der Waals surface area contributed by atoms with Gasteiger partial charge in [0, 0.05) is 28.1 Å². The van der Waals surface area contributed by atoms with Gasteiger partial charge in [0.1, 0.15) is 0 Å². The van der Waals surface area contributed by atoms with Gasteiger partial charge in [0.15, 0.2) is 0 Å². The van der Waals surface area contributed by atoms with Gasteiger partial charge in [-0.25, -0.2) is 0 Å². The lowest BCUT2D eigenvalue weighted by Crippen LogP contribution is -2.35. The van der Waals surface area contributed by atoms with Gasteiger partial charge in [-0.2, -0.15) is 0 Å². The van der Waals surface area contributed by atoms with Gasteiger partial charge in [0.05, 0.1) is 12.1 Å². The number of hydrogen-bond acceptors (Lipinski definition) is 4. The molecule has 98 valence electrons. The molecule has 0 saturated heterocycles. The lowest BCUT2D eigenvalue weighted by atomic mass is 10.2. The van der Waals surface area contributed by atoms with Crippen molar-refractivity contribution in [3.8, 4) is 0 Å². The molecule has 0 radical (unpaired) electrons. The zero-order valence-corrected chi connectivity index (χ0v) is 12.2. The van der Waals surface area contributed by atoms with Crippen molar-refractivity contribution in [1.29, 1.82) is 0 Å². The molecule has 0 aromatic heterocycles. The van der Waals surface area contributed by atoms with Gasteiger partial charge >= 0.3 is 5.97 Å². The number of carboxylic acids is 1.